The molecule has 0 aromatic heterocycles. The maximum absolute atomic E-state index is 2.44. The van der Waals surface area contributed by atoms with E-state index in [1.54, 1.807) is 0 Å². The average molecular weight is 401 g/mol. The molecule has 0 nitrogen and oxygen atoms in total. The van der Waals surface area contributed by atoms with Crippen LogP contribution in [0.4, 0.5) is 0 Å². The smallest absolute Gasteiger partial charge is 0 e. The van der Waals surface area contributed by atoms with Crippen LogP contribution < -0.4 is 0 Å². The Morgan fingerprint density at radius 1 is 1.12 bits per heavy atom. The molecule has 0 saturated heterocycles. The first-order valence-corrected chi connectivity index (χ1v) is 6.77. The molecule has 0 aromatic carbocycles. The van der Waals surface area contributed by atoms with Crippen molar-refractivity contribution < 1.29 is 75.6 Å². The van der Waals surface area contributed by atoms with Gasteiger partial charge >= 0.3 is 42.6 Å². The normalized spacial score (nSPS) is 0.875. The van der Waals surface area contributed by atoms with Gasteiger partial charge in [-0.05, 0) is 0 Å². The topological polar surface area (TPSA) is 0 Å². The van der Waals surface area contributed by atoms with Gasteiger partial charge in [0.2, 0.25) is 0 Å². The molecule has 41 valence electrons. The van der Waals surface area contributed by atoms with Gasteiger partial charge in [-0.15, -0.1) is 0 Å². The minimum atomic E-state index is 0. The fraction of sp³-hybridized carbons (Fsp3) is 0. The Morgan fingerprint density at radius 2 is 1.12 bits per heavy atom. The van der Waals surface area contributed by atoms with Crippen LogP contribution in [0.5, 0.6) is 0 Å². The monoisotopic (exact) mass is 401 g/mol. The van der Waals surface area contributed by atoms with E-state index in [9.17, 15) is 0 Å². The van der Waals surface area contributed by atoms with E-state index in [1.165, 1.54) is 32.8 Å². The fourth-order valence-corrected chi connectivity index (χ4v) is 0. The summed E-state index contributed by atoms with van der Waals surface area (Å²) in [7, 11) is 2.44. The van der Waals surface area contributed by atoms with Crippen molar-refractivity contribution in [2.75, 3.05) is 0 Å². The minimum Gasteiger partial charge on any atom is -0.314 e. The summed E-state index contributed by atoms with van der Waals surface area (Å²) in [6.07, 6.45) is 0. The molecule has 8 heteroatoms. The van der Waals surface area contributed by atoms with Gasteiger partial charge in [-0.25, -0.2) is 0 Å². The third-order valence-electron chi connectivity index (χ3n) is 0. The van der Waals surface area contributed by atoms with E-state index in [2.05, 4.69) is 9.76 Å². The minimum absolute atomic E-state index is 0. The van der Waals surface area contributed by atoms with Crippen LogP contribution in [0.2, 0.25) is 0 Å². The summed E-state index contributed by atoms with van der Waals surface area (Å²) in [6.45, 7) is 0. The Hall–Kier alpha value is 4.92. The molecule has 8 heavy (non-hydrogen) atoms. The number of rotatable bonds is 0. The average Bonchev–Trinajstić information content (AvgIpc) is 1.00. The van der Waals surface area contributed by atoms with Gasteiger partial charge in [0.25, 0.3) is 0 Å². The van der Waals surface area contributed by atoms with Crippen molar-refractivity contribution in [1.82, 2.24) is 0 Å². The predicted octanol–water partition coefficient (Wildman–Crippen LogP) is -3.41. The van der Waals surface area contributed by atoms with Crippen LogP contribution in [-0.4, -0.2) is 70.9 Å². The van der Waals surface area contributed by atoms with E-state index >= 15 is 0 Å². The van der Waals surface area contributed by atoms with Crippen molar-refractivity contribution >= 4 is 70.9 Å². The molecule has 0 saturated carbocycles. The molecule has 0 aliphatic rings. The van der Waals surface area contributed by atoms with Gasteiger partial charge in [-0.3, -0.25) is 0 Å². The summed E-state index contributed by atoms with van der Waals surface area (Å²) in [5.41, 5.74) is 0. The van der Waals surface area contributed by atoms with E-state index in [1.807, 2.05) is 0 Å². The second-order valence-electron chi connectivity index (χ2n) is 0. The van der Waals surface area contributed by atoms with Crippen molar-refractivity contribution in [1.29, 1.82) is 0 Å². The standard InChI is InChI=1S/Al.Ca.Cr.Mn.H2Se.H3Si.Ti.Zn.3H/h;;;;1H2;1H3;;;;;/q;+2;;;;-1;;;;;/p-1. The zero-order valence-electron chi connectivity index (χ0n) is 4.15. The molecule has 0 unspecified atom stereocenters. The molecule has 0 rings (SSSR count). The maximum atomic E-state index is 2.44. The molecule has 0 aliphatic heterocycles. The number of hydrogen-bond acceptors (Lipinski definition) is 0. The van der Waals surface area contributed by atoms with Gasteiger partial charge in [0.05, 0.1) is 0 Å². The number of hydrogen-bond donors (Lipinski definition) is 0. The first-order valence-electron chi connectivity index (χ1n) is 0.316. The quantitative estimate of drug-likeness (QED) is 0.372. The van der Waals surface area contributed by atoms with Crippen LogP contribution in [0, 0.1) is 0 Å². The summed E-state index contributed by atoms with van der Waals surface area (Å²) < 4.78 is 0. The second-order valence-corrected chi connectivity index (χ2v) is 0. The largest absolute Gasteiger partial charge is 0.314 e. The predicted molar refractivity (Wildman–Crippen MR) is 32.8 cm³/mol. The molecule has 0 spiro atoms. The Morgan fingerprint density at radius 3 is 1.12 bits per heavy atom. The summed E-state index contributed by atoms with van der Waals surface area (Å²) in [6, 6.07) is 0. The Labute approximate surface area is 143 Å². The van der Waals surface area contributed by atoms with Gasteiger partial charge in [0, 0.05) is 75.6 Å². The maximum Gasteiger partial charge on any atom is 0 e. The molecular formula is H7AlCaCrMnSeSiTiZn. The Kier molecular flexibility index (Phi) is 385. The van der Waals surface area contributed by atoms with E-state index in [-0.39, 0.29) is 104 Å². The first kappa shape index (κ1) is 52.4. The molecule has 0 aromatic rings. The second kappa shape index (κ2) is 58.7. The van der Waals surface area contributed by atoms with Gasteiger partial charge < -0.3 is 11.0 Å². The van der Waals surface area contributed by atoms with Crippen LogP contribution in [-0.2, 0) is 75.6 Å². The SMILES string of the molecule is [AlH3].[Ca+][SeH].[Cr].[Mn].[SiH3-].[Ti].[Zn]. The first-order chi connectivity index (χ1) is 1.00. The molecule has 0 amide bonds. The summed E-state index contributed by atoms with van der Waals surface area (Å²) in [4.78, 5) is 0. The summed E-state index contributed by atoms with van der Waals surface area (Å²) >= 11 is 1.31. The van der Waals surface area contributed by atoms with Gasteiger partial charge in [-0.1, -0.05) is 0 Å². The van der Waals surface area contributed by atoms with E-state index in [4.69, 9.17) is 0 Å². The summed E-state index contributed by atoms with van der Waals surface area (Å²) in [5.74, 6) is 0. The van der Waals surface area contributed by atoms with Crippen molar-refractivity contribution in [2.45, 2.75) is 0 Å². The molecule has 0 heterocycles. The van der Waals surface area contributed by atoms with Gasteiger partial charge in [0.15, 0.2) is 17.4 Å². The molecule has 0 atom stereocenters. The Balaban J connectivity index is -0.000000000333. The van der Waals surface area contributed by atoms with Crippen LogP contribution in [0.3, 0.4) is 0 Å². The molecular weight excluding hydrogens is 394 g/mol. The van der Waals surface area contributed by atoms with Crippen LogP contribution in [0.15, 0.2) is 0 Å². The van der Waals surface area contributed by atoms with Crippen molar-refractivity contribution in [3.8, 4) is 0 Å². The van der Waals surface area contributed by atoms with Crippen LogP contribution in [0.1, 0.15) is 0 Å². The molecule has 1 radical (unpaired) electrons. The van der Waals surface area contributed by atoms with E-state index in [0.29, 0.717) is 0 Å². The molecule has 0 bridgehead atoms. The van der Waals surface area contributed by atoms with Gasteiger partial charge in [-0.2, -0.15) is 0 Å². The van der Waals surface area contributed by atoms with Crippen molar-refractivity contribution in [3.05, 3.63) is 0 Å². The van der Waals surface area contributed by atoms with Crippen LogP contribution >= 0.6 is 0 Å². The van der Waals surface area contributed by atoms with E-state index < -0.39 is 0 Å². The Bertz CT molecular complexity index is 24.0. The molecule has 0 fully saturated rings. The van der Waals surface area contributed by atoms with Crippen LogP contribution in [0.25, 0.3) is 0 Å². The van der Waals surface area contributed by atoms with Gasteiger partial charge in [0.1, 0.15) is 0 Å². The zero-order valence-corrected chi connectivity index (χ0v) is 17.2. The van der Waals surface area contributed by atoms with Crippen molar-refractivity contribution in [2.24, 2.45) is 0 Å². The van der Waals surface area contributed by atoms with E-state index in [0.717, 1.165) is 0 Å². The van der Waals surface area contributed by atoms with Crippen molar-refractivity contribution in [3.63, 3.8) is 0 Å². The molecule has 0 aliphatic carbocycles. The third kappa shape index (κ3) is 44.4. The summed E-state index contributed by atoms with van der Waals surface area (Å²) in [5, 5.41) is 0. The fourth-order valence-electron chi connectivity index (χ4n) is 0. The zero-order chi connectivity index (χ0) is 2.00. The third-order valence-corrected chi connectivity index (χ3v) is 0. The molecule has 0 N–H and O–H groups in total.